The van der Waals surface area contributed by atoms with Crippen LogP contribution in [0.25, 0.3) is 0 Å². The third-order valence-corrected chi connectivity index (χ3v) is 3.23. The maximum absolute atomic E-state index is 13.4. The van der Waals surface area contributed by atoms with Crippen molar-refractivity contribution in [1.82, 2.24) is 10.6 Å². The number of benzene rings is 1. The summed E-state index contributed by atoms with van der Waals surface area (Å²) >= 11 is 5.79. The maximum atomic E-state index is 13.4. The highest BCUT2D eigenvalue weighted by atomic mass is 35.5. The van der Waals surface area contributed by atoms with Gasteiger partial charge in [-0.05, 0) is 24.6 Å². The number of allylic oxidation sites excluding steroid dienone is 1. The molecule has 1 aliphatic rings. The number of nitrogens with one attached hydrogen (secondary N) is 2. The molecule has 5 nitrogen and oxygen atoms in total. The van der Waals surface area contributed by atoms with Crippen molar-refractivity contribution in [3.8, 4) is 0 Å². The fourth-order valence-corrected chi connectivity index (χ4v) is 2.32. The van der Waals surface area contributed by atoms with Crippen LogP contribution >= 0.6 is 11.6 Å². The largest absolute Gasteiger partial charge is 0.463 e. The van der Waals surface area contributed by atoms with E-state index in [0.717, 1.165) is 0 Å². The summed E-state index contributed by atoms with van der Waals surface area (Å²) in [5.74, 6) is -1.13. The summed E-state index contributed by atoms with van der Waals surface area (Å²) in [4.78, 5) is 23.8. The van der Waals surface area contributed by atoms with Crippen LogP contribution in [0, 0.1) is 5.82 Å². The Balaban J connectivity index is 2.49. The first-order valence-electron chi connectivity index (χ1n) is 6.36. The van der Waals surface area contributed by atoms with E-state index in [1.807, 2.05) is 0 Å². The summed E-state index contributed by atoms with van der Waals surface area (Å²) in [7, 11) is 0. The van der Waals surface area contributed by atoms with Gasteiger partial charge in [0.25, 0.3) is 0 Å². The number of alkyl halides is 1. The van der Waals surface area contributed by atoms with Gasteiger partial charge in [-0.25, -0.2) is 14.0 Å². The second kappa shape index (κ2) is 6.58. The van der Waals surface area contributed by atoms with Gasteiger partial charge in [0, 0.05) is 5.70 Å². The van der Waals surface area contributed by atoms with E-state index in [4.69, 9.17) is 16.3 Å². The van der Waals surface area contributed by atoms with Crippen LogP contribution in [0.2, 0.25) is 0 Å². The van der Waals surface area contributed by atoms with E-state index in [0.29, 0.717) is 5.56 Å². The Labute approximate surface area is 126 Å². The molecule has 0 saturated carbocycles. The van der Waals surface area contributed by atoms with Gasteiger partial charge in [0.2, 0.25) is 0 Å². The second-order valence-corrected chi connectivity index (χ2v) is 4.60. The van der Waals surface area contributed by atoms with Crippen LogP contribution in [0.4, 0.5) is 9.18 Å². The molecule has 1 aliphatic heterocycles. The topological polar surface area (TPSA) is 67.4 Å². The van der Waals surface area contributed by atoms with Crippen molar-refractivity contribution >= 4 is 23.6 Å². The molecule has 1 aromatic rings. The molecule has 0 bridgehead atoms. The predicted molar refractivity (Wildman–Crippen MR) is 75.2 cm³/mol. The highest BCUT2D eigenvalue weighted by Gasteiger charge is 2.33. The number of carbonyl (C=O) groups excluding carboxylic acids is 2. The van der Waals surface area contributed by atoms with Crippen LogP contribution in [0.1, 0.15) is 18.5 Å². The summed E-state index contributed by atoms with van der Waals surface area (Å²) in [6.45, 7) is 1.85. The molecular weight excluding hydrogens is 299 g/mol. The Morgan fingerprint density at radius 2 is 2.24 bits per heavy atom. The molecule has 0 aromatic heterocycles. The smallest absolute Gasteiger partial charge is 0.338 e. The van der Waals surface area contributed by atoms with E-state index in [2.05, 4.69) is 10.6 Å². The molecule has 2 rings (SSSR count). The minimum atomic E-state index is -0.803. The summed E-state index contributed by atoms with van der Waals surface area (Å²) in [6.07, 6.45) is 0. The van der Waals surface area contributed by atoms with Gasteiger partial charge in [-0.2, -0.15) is 0 Å². The molecule has 112 valence electrons. The molecule has 0 saturated heterocycles. The monoisotopic (exact) mass is 312 g/mol. The van der Waals surface area contributed by atoms with Crippen molar-refractivity contribution in [3.63, 3.8) is 0 Å². The third kappa shape index (κ3) is 3.33. The zero-order valence-corrected chi connectivity index (χ0v) is 12.0. The lowest BCUT2D eigenvalue weighted by Gasteiger charge is -2.28. The van der Waals surface area contributed by atoms with Gasteiger partial charge >= 0.3 is 12.0 Å². The fourth-order valence-electron chi connectivity index (χ4n) is 2.11. The molecule has 2 amide bonds. The molecule has 0 spiro atoms. The van der Waals surface area contributed by atoms with Crippen molar-refractivity contribution in [2.45, 2.75) is 13.0 Å². The third-order valence-electron chi connectivity index (χ3n) is 2.96. The van der Waals surface area contributed by atoms with Crippen LogP contribution in [-0.4, -0.2) is 24.5 Å². The van der Waals surface area contributed by atoms with E-state index in [9.17, 15) is 14.0 Å². The molecule has 1 unspecified atom stereocenters. The molecule has 1 heterocycles. The van der Waals surface area contributed by atoms with Gasteiger partial charge in [-0.15, -0.1) is 11.6 Å². The lowest BCUT2D eigenvalue weighted by atomic mass is 9.95. The van der Waals surface area contributed by atoms with Crippen molar-refractivity contribution in [3.05, 3.63) is 46.9 Å². The van der Waals surface area contributed by atoms with Crippen molar-refractivity contribution < 1.29 is 18.7 Å². The van der Waals surface area contributed by atoms with Crippen molar-refractivity contribution in [1.29, 1.82) is 0 Å². The quantitative estimate of drug-likeness (QED) is 0.662. The number of amides is 2. The first-order chi connectivity index (χ1) is 10.1. The molecule has 0 aliphatic carbocycles. The van der Waals surface area contributed by atoms with E-state index in [1.165, 1.54) is 18.2 Å². The second-order valence-electron chi connectivity index (χ2n) is 4.33. The summed E-state index contributed by atoms with van der Waals surface area (Å²) in [5.41, 5.74) is 0.876. The Hall–Kier alpha value is -2.08. The average molecular weight is 313 g/mol. The Morgan fingerprint density at radius 1 is 1.48 bits per heavy atom. The number of esters is 1. The summed E-state index contributed by atoms with van der Waals surface area (Å²) in [6, 6.07) is 4.34. The molecule has 0 radical (unpaired) electrons. The Bertz CT molecular complexity index is 604. The van der Waals surface area contributed by atoms with E-state index >= 15 is 0 Å². The highest BCUT2D eigenvalue weighted by Crippen LogP contribution is 2.28. The van der Waals surface area contributed by atoms with Gasteiger partial charge in [-0.3, -0.25) is 0 Å². The highest BCUT2D eigenvalue weighted by molar-refractivity contribution is 6.20. The predicted octanol–water partition coefficient (Wildman–Crippen LogP) is 2.24. The first kappa shape index (κ1) is 15.3. The number of urea groups is 1. The Kier molecular flexibility index (Phi) is 4.80. The van der Waals surface area contributed by atoms with Crippen molar-refractivity contribution in [2.24, 2.45) is 0 Å². The zero-order valence-electron chi connectivity index (χ0n) is 11.3. The van der Waals surface area contributed by atoms with E-state index < -0.39 is 23.9 Å². The van der Waals surface area contributed by atoms with E-state index in [1.54, 1.807) is 13.0 Å². The van der Waals surface area contributed by atoms with Crippen LogP contribution in [0.3, 0.4) is 0 Å². The minimum absolute atomic E-state index is 0.0621. The molecule has 7 heteroatoms. The fraction of sp³-hybridized carbons (Fsp3) is 0.286. The molecular formula is C14H14ClFN2O3. The maximum Gasteiger partial charge on any atom is 0.338 e. The van der Waals surface area contributed by atoms with Crippen molar-refractivity contribution in [2.75, 3.05) is 12.5 Å². The van der Waals surface area contributed by atoms with Gasteiger partial charge in [0.05, 0.1) is 24.1 Å². The van der Waals surface area contributed by atoms with Crippen LogP contribution in [-0.2, 0) is 9.53 Å². The van der Waals surface area contributed by atoms with Gasteiger partial charge in [0.15, 0.2) is 0 Å². The van der Waals surface area contributed by atoms with Crippen LogP contribution < -0.4 is 10.6 Å². The summed E-state index contributed by atoms with van der Waals surface area (Å²) < 4.78 is 18.4. The standard InChI is InChI=1S/C14H14ClFN2O3/c1-2-21-13(19)11-10(7-15)17-14(20)18-12(11)8-4-3-5-9(16)6-8/h3-6,12H,2,7H2,1H3,(H2,17,18,20). The number of carbonyl (C=O) groups is 2. The lowest BCUT2D eigenvalue weighted by molar-refractivity contribution is -0.139. The van der Waals surface area contributed by atoms with E-state index in [-0.39, 0.29) is 23.8 Å². The summed E-state index contributed by atoms with van der Waals surface area (Å²) in [5, 5.41) is 5.05. The molecule has 2 N–H and O–H groups in total. The molecule has 0 fully saturated rings. The molecule has 1 aromatic carbocycles. The SMILES string of the molecule is CCOC(=O)C1=C(CCl)NC(=O)NC1c1cccc(F)c1. The van der Waals surface area contributed by atoms with Crippen LogP contribution in [0.5, 0.6) is 0 Å². The van der Waals surface area contributed by atoms with Gasteiger partial charge in [-0.1, -0.05) is 12.1 Å². The number of halogens is 2. The zero-order chi connectivity index (χ0) is 15.4. The first-order valence-corrected chi connectivity index (χ1v) is 6.89. The average Bonchev–Trinajstić information content (AvgIpc) is 2.46. The number of hydrogen-bond donors (Lipinski definition) is 2. The Morgan fingerprint density at radius 3 is 2.86 bits per heavy atom. The molecule has 1 atom stereocenters. The molecule has 21 heavy (non-hydrogen) atoms. The lowest BCUT2D eigenvalue weighted by Crippen LogP contribution is -2.46. The van der Waals surface area contributed by atoms with Crippen LogP contribution in [0.15, 0.2) is 35.5 Å². The minimum Gasteiger partial charge on any atom is -0.463 e. The number of rotatable bonds is 4. The van der Waals surface area contributed by atoms with Gasteiger partial charge < -0.3 is 15.4 Å². The number of hydrogen-bond acceptors (Lipinski definition) is 3. The van der Waals surface area contributed by atoms with Gasteiger partial charge in [0.1, 0.15) is 5.82 Å². The normalized spacial score (nSPS) is 18.0. The number of ether oxygens (including phenoxy) is 1.